The van der Waals surface area contributed by atoms with Crippen LogP contribution in [0.4, 0.5) is 34.5 Å². The molecule has 2 aromatic rings. The normalized spacial score (nSPS) is 15.8. The summed E-state index contributed by atoms with van der Waals surface area (Å²) in [6.07, 6.45) is 0.883. The van der Waals surface area contributed by atoms with Crippen molar-refractivity contribution in [1.29, 1.82) is 0 Å². The summed E-state index contributed by atoms with van der Waals surface area (Å²) in [5.41, 5.74) is 6.01. The quantitative estimate of drug-likeness (QED) is 0.356. The van der Waals surface area contributed by atoms with E-state index in [1.165, 1.54) is 24.3 Å². The van der Waals surface area contributed by atoms with E-state index >= 15 is 0 Å². The number of urea groups is 2. The summed E-state index contributed by atoms with van der Waals surface area (Å²) < 4.78 is 31.2. The molecule has 0 radical (unpaired) electrons. The second kappa shape index (κ2) is 14.4. The number of ether oxygens (including phenoxy) is 1. The highest BCUT2D eigenvalue weighted by molar-refractivity contribution is 5.94. The van der Waals surface area contributed by atoms with Crippen molar-refractivity contribution in [2.45, 2.75) is 78.0 Å². The molecular weight excluding hydrogens is 582 g/mol. The van der Waals surface area contributed by atoms with Crippen LogP contribution in [0.3, 0.4) is 0 Å². The Balaban J connectivity index is 0.000000257. The molecule has 0 aromatic heterocycles. The number of nitrogens with zero attached hydrogens (tertiary/aromatic N) is 4. The third kappa shape index (κ3) is 11.2. The van der Waals surface area contributed by atoms with E-state index in [4.69, 9.17) is 10.5 Å². The van der Waals surface area contributed by atoms with Gasteiger partial charge in [0.25, 0.3) is 0 Å². The number of anilines is 2. The number of halogens is 2. The maximum absolute atomic E-state index is 13.0. The zero-order valence-corrected chi connectivity index (χ0v) is 27.5. The Kier molecular flexibility index (Phi) is 11.4. The van der Waals surface area contributed by atoms with Crippen LogP contribution < -0.4 is 20.9 Å². The first-order valence-corrected chi connectivity index (χ1v) is 15.3. The van der Waals surface area contributed by atoms with Gasteiger partial charge >= 0.3 is 18.2 Å². The molecule has 0 aliphatic carbocycles. The molecule has 2 fully saturated rings. The van der Waals surface area contributed by atoms with Crippen molar-refractivity contribution >= 4 is 29.5 Å². The molecule has 45 heavy (non-hydrogen) atoms. The molecule has 4 rings (SSSR count). The number of nitrogens with two attached hydrogens (primary N) is 1. The lowest BCUT2D eigenvalue weighted by Crippen LogP contribution is -2.47. The van der Waals surface area contributed by atoms with Gasteiger partial charge in [0, 0.05) is 61.7 Å². The molecule has 5 amide bonds. The van der Waals surface area contributed by atoms with Gasteiger partial charge in [0.05, 0.1) is 0 Å². The highest BCUT2D eigenvalue weighted by Gasteiger charge is 2.32. The van der Waals surface area contributed by atoms with Gasteiger partial charge in [-0.05, 0) is 110 Å². The average Bonchev–Trinajstić information content (AvgIpc) is 3.47. The summed E-state index contributed by atoms with van der Waals surface area (Å²) in [7, 11) is 0. The Morgan fingerprint density at radius 2 is 1.13 bits per heavy atom. The molecule has 2 heterocycles. The van der Waals surface area contributed by atoms with Gasteiger partial charge in [-0.2, -0.15) is 0 Å². The molecule has 0 saturated carbocycles. The van der Waals surface area contributed by atoms with Crippen LogP contribution in [-0.2, 0) is 4.74 Å². The molecule has 0 unspecified atom stereocenters. The van der Waals surface area contributed by atoms with Crippen molar-refractivity contribution in [3.05, 3.63) is 60.2 Å². The van der Waals surface area contributed by atoms with Gasteiger partial charge in [0.15, 0.2) is 0 Å². The predicted molar refractivity (Wildman–Crippen MR) is 172 cm³/mol. The molecule has 3 N–H and O–H groups in total. The minimum Gasteiger partial charge on any atom is -0.444 e. The van der Waals surface area contributed by atoms with Gasteiger partial charge in [-0.25, -0.2) is 23.2 Å². The van der Waals surface area contributed by atoms with Gasteiger partial charge in [-0.15, -0.1) is 0 Å². The van der Waals surface area contributed by atoms with Crippen LogP contribution in [0.1, 0.15) is 61.3 Å². The maximum Gasteiger partial charge on any atom is 0.408 e. The number of hydrogen-bond donors (Lipinski definition) is 2. The summed E-state index contributed by atoms with van der Waals surface area (Å²) in [5, 5.41) is 2.85. The molecule has 2 aliphatic heterocycles. The maximum atomic E-state index is 13.0. The van der Waals surface area contributed by atoms with Crippen LogP contribution in [0.2, 0.25) is 0 Å². The van der Waals surface area contributed by atoms with Gasteiger partial charge < -0.3 is 25.6 Å². The smallest absolute Gasteiger partial charge is 0.408 e. The summed E-state index contributed by atoms with van der Waals surface area (Å²) >= 11 is 0. The van der Waals surface area contributed by atoms with Crippen molar-refractivity contribution in [3.63, 3.8) is 0 Å². The topological polar surface area (TPSA) is 111 Å². The van der Waals surface area contributed by atoms with Crippen molar-refractivity contribution in [3.8, 4) is 0 Å². The summed E-state index contributed by atoms with van der Waals surface area (Å²) in [6.45, 7) is 16.8. The van der Waals surface area contributed by atoms with E-state index in [-0.39, 0.29) is 29.2 Å². The van der Waals surface area contributed by atoms with Gasteiger partial charge in [0.1, 0.15) is 17.2 Å². The fourth-order valence-electron chi connectivity index (χ4n) is 4.78. The SMILES string of the molecule is CC(C)(CCN1CCN(c2ccc(F)cc2)C1=O)NC(=O)OC(C)(C)C.CC(C)(N)CCN1CCN(c2ccc(F)cc2)C1=O. The Hall–Kier alpha value is -3.93. The van der Waals surface area contributed by atoms with E-state index in [0.717, 1.165) is 12.1 Å². The Morgan fingerprint density at radius 1 is 0.733 bits per heavy atom. The number of alkyl carbamates (subject to hydrolysis) is 1. The second-order valence-electron chi connectivity index (χ2n) is 13.8. The van der Waals surface area contributed by atoms with Crippen LogP contribution >= 0.6 is 0 Å². The average molecular weight is 631 g/mol. The number of rotatable bonds is 9. The molecule has 0 bridgehead atoms. The van der Waals surface area contributed by atoms with Crippen LogP contribution in [-0.4, -0.2) is 83.9 Å². The van der Waals surface area contributed by atoms with Gasteiger partial charge in [0.2, 0.25) is 0 Å². The monoisotopic (exact) mass is 630 g/mol. The standard InChI is InChI=1S/C19H28FN3O3.C14H20FN3O/c1-18(2,3)26-16(24)21-19(4,5)10-11-22-12-13-23(17(22)25)15-8-6-14(20)7-9-15;1-14(2,16)7-8-17-9-10-18(13(17)19)12-5-3-11(15)4-6-12/h6-9H,10-13H2,1-5H3,(H,21,24);3-6H,7-10,16H2,1-2H3. The number of amides is 5. The highest BCUT2D eigenvalue weighted by Crippen LogP contribution is 2.23. The summed E-state index contributed by atoms with van der Waals surface area (Å²) in [4.78, 5) is 43.6. The lowest BCUT2D eigenvalue weighted by atomic mass is 10.0. The van der Waals surface area contributed by atoms with Crippen LogP contribution in [0.25, 0.3) is 0 Å². The molecule has 2 aromatic carbocycles. The van der Waals surface area contributed by atoms with Crippen molar-refractivity contribution in [1.82, 2.24) is 15.1 Å². The van der Waals surface area contributed by atoms with Crippen molar-refractivity contribution in [2.75, 3.05) is 49.1 Å². The summed E-state index contributed by atoms with van der Waals surface area (Å²) in [5.74, 6) is -0.621. The number of benzene rings is 2. The zero-order valence-electron chi connectivity index (χ0n) is 27.5. The lowest BCUT2D eigenvalue weighted by molar-refractivity contribution is 0.0465. The third-order valence-electron chi connectivity index (χ3n) is 7.34. The molecule has 10 nitrogen and oxygen atoms in total. The van der Waals surface area contributed by atoms with Crippen LogP contribution in [0.5, 0.6) is 0 Å². The first-order chi connectivity index (χ1) is 20.8. The molecular formula is C33H48F2N6O4. The molecule has 248 valence electrons. The molecule has 0 atom stereocenters. The zero-order chi connectivity index (χ0) is 33.6. The van der Waals surface area contributed by atoms with E-state index in [0.29, 0.717) is 51.4 Å². The lowest BCUT2D eigenvalue weighted by Gasteiger charge is -2.30. The van der Waals surface area contributed by atoms with Crippen molar-refractivity contribution in [2.24, 2.45) is 5.73 Å². The fourth-order valence-corrected chi connectivity index (χ4v) is 4.78. The Bertz CT molecular complexity index is 1310. The minimum absolute atomic E-state index is 0.0316. The molecule has 0 spiro atoms. The first kappa shape index (κ1) is 35.5. The Morgan fingerprint density at radius 3 is 1.51 bits per heavy atom. The molecule has 2 saturated heterocycles. The first-order valence-electron chi connectivity index (χ1n) is 15.3. The number of carbonyl (C=O) groups excluding carboxylic acids is 3. The number of nitrogens with one attached hydrogen (secondary N) is 1. The van der Waals surface area contributed by atoms with Crippen LogP contribution in [0, 0.1) is 11.6 Å². The van der Waals surface area contributed by atoms with E-state index in [1.807, 2.05) is 48.5 Å². The second-order valence-corrected chi connectivity index (χ2v) is 13.8. The fraction of sp³-hybridized carbons (Fsp3) is 0.545. The Labute approximate surface area is 265 Å². The number of carbonyl (C=O) groups is 3. The largest absolute Gasteiger partial charge is 0.444 e. The van der Waals surface area contributed by atoms with Gasteiger partial charge in [-0.3, -0.25) is 9.80 Å². The summed E-state index contributed by atoms with van der Waals surface area (Å²) in [6, 6.07) is 11.8. The molecule has 12 heteroatoms. The molecule has 2 aliphatic rings. The van der Waals surface area contributed by atoms with Crippen molar-refractivity contribution < 1.29 is 27.9 Å². The third-order valence-corrected chi connectivity index (χ3v) is 7.34. The number of hydrogen-bond acceptors (Lipinski definition) is 5. The van der Waals surface area contributed by atoms with E-state index in [1.54, 1.807) is 43.9 Å². The van der Waals surface area contributed by atoms with E-state index in [9.17, 15) is 23.2 Å². The van der Waals surface area contributed by atoms with E-state index in [2.05, 4.69) is 5.32 Å². The van der Waals surface area contributed by atoms with Gasteiger partial charge in [-0.1, -0.05) is 0 Å². The minimum atomic E-state index is -0.555. The highest BCUT2D eigenvalue weighted by atomic mass is 19.1. The van der Waals surface area contributed by atoms with E-state index < -0.39 is 17.2 Å². The van der Waals surface area contributed by atoms with Crippen LogP contribution in [0.15, 0.2) is 48.5 Å². The predicted octanol–water partition coefficient (Wildman–Crippen LogP) is 5.96.